The number of aliphatic carboxylic acids is 1. The van der Waals surface area contributed by atoms with Crippen LogP contribution in [0.2, 0.25) is 0 Å². The number of carboxylic acid groups (broad SMARTS) is 1. The maximum Gasteiger partial charge on any atom is 0.408 e. The number of anilines is 1. The fraction of sp³-hybridized carbons (Fsp3) is 0.452. The maximum absolute atomic E-state index is 14.5. The van der Waals surface area contributed by atoms with Crippen molar-refractivity contribution in [3.63, 3.8) is 0 Å². The van der Waals surface area contributed by atoms with Crippen LogP contribution < -0.4 is 16.0 Å². The Labute approximate surface area is 236 Å². The van der Waals surface area contributed by atoms with Gasteiger partial charge in [-0.15, -0.1) is 0 Å². The SMILES string of the molecule is Cc1ccc(F)c(N/C=C(\C(=N)Cc2ccccc2)[C@H](NCC[C@H](NC(=O)OC(C)(C)C)C(=O)O)C(C)(C)C)c1. The molecule has 0 radical (unpaired) electrons. The average Bonchev–Trinajstić information content (AvgIpc) is 2.83. The van der Waals surface area contributed by atoms with Gasteiger partial charge >= 0.3 is 12.1 Å². The summed E-state index contributed by atoms with van der Waals surface area (Å²) in [6, 6.07) is 12.8. The number of hydrogen-bond donors (Lipinski definition) is 5. The quantitative estimate of drug-likeness (QED) is 0.203. The van der Waals surface area contributed by atoms with E-state index >= 15 is 0 Å². The molecule has 40 heavy (non-hydrogen) atoms. The maximum atomic E-state index is 14.5. The normalized spacial score (nSPS) is 13.8. The minimum atomic E-state index is -1.18. The summed E-state index contributed by atoms with van der Waals surface area (Å²) in [6.45, 7) is 13.2. The molecule has 2 rings (SSSR count). The van der Waals surface area contributed by atoms with Gasteiger partial charge in [0.25, 0.3) is 0 Å². The molecule has 0 heterocycles. The van der Waals surface area contributed by atoms with Crippen molar-refractivity contribution in [2.24, 2.45) is 5.41 Å². The van der Waals surface area contributed by atoms with Crippen molar-refractivity contribution in [3.8, 4) is 0 Å². The Morgan fingerprint density at radius 3 is 2.30 bits per heavy atom. The minimum absolute atomic E-state index is 0.0837. The summed E-state index contributed by atoms with van der Waals surface area (Å²) in [5.41, 5.74) is 1.93. The molecule has 218 valence electrons. The molecule has 0 unspecified atom stereocenters. The Bertz CT molecular complexity index is 1200. The van der Waals surface area contributed by atoms with Gasteiger partial charge in [-0.1, -0.05) is 57.2 Å². The molecule has 0 spiro atoms. The highest BCUT2D eigenvalue weighted by Crippen LogP contribution is 2.28. The minimum Gasteiger partial charge on any atom is -0.480 e. The Balaban J connectivity index is 2.31. The zero-order chi connectivity index (χ0) is 30.1. The molecule has 0 aliphatic carbocycles. The van der Waals surface area contributed by atoms with E-state index in [2.05, 4.69) is 16.0 Å². The average molecular weight is 555 g/mol. The van der Waals surface area contributed by atoms with Crippen LogP contribution in [0.5, 0.6) is 0 Å². The number of carbonyl (C=O) groups excluding carboxylic acids is 1. The smallest absolute Gasteiger partial charge is 0.408 e. The van der Waals surface area contributed by atoms with E-state index in [-0.39, 0.29) is 13.0 Å². The lowest BCUT2D eigenvalue weighted by atomic mass is 9.79. The first kappa shape index (κ1) is 32.5. The number of alkyl carbamates (subject to hydrolysis) is 1. The number of nitrogens with one attached hydrogen (secondary N) is 4. The van der Waals surface area contributed by atoms with Gasteiger partial charge in [0.05, 0.1) is 5.69 Å². The summed E-state index contributed by atoms with van der Waals surface area (Å²) in [5.74, 6) is -1.59. The molecule has 0 saturated carbocycles. The molecule has 0 fully saturated rings. The second-order valence-corrected chi connectivity index (χ2v) is 11.9. The molecule has 9 heteroatoms. The molecular formula is C31H43FN4O4. The van der Waals surface area contributed by atoms with Crippen molar-refractivity contribution in [2.75, 3.05) is 11.9 Å². The molecule has 2 atom stereocenters. The number of amides is 1. The molecule has 0 bridgehead atoms. The van der Waals surface area contributed by atoms with Crippen LogP contribution in [0, 0.1) is 23.6 Å². The third-order valence-electron chi connectivity index (χ3n) is 6.02. The van der Waals surface area contributed by atoms with Crippen LogP contribution in [-0.4, -0.2) is 47.1 Å². The number of hydrogen-bond acceptors (Lipinski definition) is 6. The second kappa shape index (κ2) is 14.1. The van der Waals surface area contributed by atoms with Crippen LogP contribution in [0.4, 0.5) is 14.9 Å². The predicted octanol–water partition coefficient (Wildman–Crippen LogP) is 6.06. The largest absolute Gasteiger partial charge is 0.480 e. The van der Waals surface area contributed by atoms with E-state index < -0.39 is 41.0 Å². The lowest BCUT2D eigenvalue weighted by Gasteiger charge is -2.34. The first-order valence-corrected chi connectivity index (χ1v) is 13.4. The molecule has 0 aromatic heterocycles. The molecule has 1 amide bonds. The second-order valence-electron chi connectivity index (χ2n) is 11.9. The fourth-order valence-electron chi connectivity index (χ4n) is 4.11. The van der Waals surface area contributed by atoms with Crippen LogP contribution in [0.1, 0.15) is 59.1 Å². The van der Waals surface area contributed by atoms with E-state index in [1.54, 1.807) is 39.1 Å². The summed E-state index contributed by atoms with van der Waals surface area (Å²) >= 11 is 0. The van der Waals surface area contributed by atoms with Crippen LogP contribution in [0.3, 0.4) is 0 Å². The van der Waals surface area contributed by atoms with Gasteiger partial charge in [0, 0.05) is 29.9 Å². The Morgan fingerprint density at radius 1 is 1.07 bits per heavy atom. The predicted molar refractivity (Wildman–Crippen MR) is 157 cm³/mol. The van der Waals surface area contributed by atoms with Crippen LogP contribution in [-0.2, 0) is 16.0 Å². The van der Waals surface area contributed by atoms with Gasteiger partial charge in [-0.05, 0) is 69.3 Å². The summed E-state index contributed by atoms with van der Waals surface area (Å²) < 4.78 is 19.7. The van der Waals surface area contributed by atoms with E-state index in [0.29, 0.717) is 23.4 Å². The summed E-state index contributed by atoms with van der Waals surface area (Å²) in [6.07, 6.45) is 1.29. The Hall–Kier alpha value is -3.72. The lowest BCUT2D eigenvalue weighted by molar-refractivity contribution is -0.139. The van der Waals surface area contributed by atoms with E-state index in [1.807, 2.05) is 58.0 Å². The summed E-state index contributed by atoms with van der Waals surface area (Å²) in [4.78, 5) is 24.0. The number of benzene rings is 2. The Morgan fingerprint density at radius 2 is 1.73 bits per heavy atom. The van der Waals surface area contributed by atoms with Gasteiger partial charge in [-0.2, -0.15) is 0 Å². The van der Waals surface area contributed by atoms with E-state index in [4.69, 9.17) is 10.1 Å². The lowest BCUT2D eigenvalue weighted by Crippen LogP contribution is -2.48. The van der Waals surface area contributed by atoms with E-state index in [0.717, 1.165) is 11.1 Å². The van der Waals surface area contributed by atoms with Gasteiger partial charge in [-0.25, -0.2) is 14.0 Å². The van der Waals surface area contributed by atoms with Crippen molar-refractivity contribution >= 4 is 23.5 Å². The third-order valence-corrected chi connectivity index (χ3v) is 6.02. The number of halogens is 1. The van der Waals surface area contributed by atoms with Crippen molar-refractivity contribution in [1.29, 1.82) is 5.41 Å². The van der Waals surface area contributed by atoms with Gasteiger partial charge in [0.2, 0.25) is 0 Å². The molecular weight excluding hydrogens is 511 g/mol. The highest BCUT2D eigenvalue weighted by atomic mass is 19.1. The van der Waals surface area contributed by atoms with E-state index in [9.17, 15) is 19.1 Å². The zero-order valence-electron chi connectivity index (χ0n) is 24.5. The number of carbonyl (C=O) groups is 2. The Kier molecular flexibility index (Phi) is 11.4. The number of carboxylic acids is 1. The highest BCUT2D eigenvalue weighted by Gasteiger charge is 2.31. The first-order valence-electron chi connectivity index (χ1n) is 13.4. The molecule has 0 aliphatic rings. The van der Waals surface area contributed by atoms with Gasteiger partial charge in [-0.3, -0.25) is 0 Å². The van der Waals surface area contributed by atoms with Crippen molar-refractivity contribution < 1.29 is 23.8 Å². The zero-order valence-corrected chi connectivity index (χ0v) is 24.5. The van der Waals surface area contributed by atoms with Crippen molar-refractivity contribution in [2.45, 2.75) is 79.0 Å². The molecule has 5 N–H and O–H groups in total. The monoisotopic (exact) mass is 554 g/mol. The molecule has 8 nitrogen and oxygen atoms in total. The van der Waals surface area contributed by atoms with Crippen molar-refractivity contribution in [3.05, 3.63) is 77.2 Å². The molecule has 0 aliphatic heterocycles. The standard InChI is InChI=1S/C31H43FN4O4/c1-20-13-14-23(32)26(17-20)35-19-22(24(33)18-21-11-9-8-10-12-21)27(30(2,3)4)34-16-15-25(28(37)38)36-29(39)40-31(5,6)7/h8-14,17,19,25,27,33-35H,15-16,18H2,1-7H3,(H,36,39)(H,37,38)/b22-19+,33-24?/t25-,27-/m0/s1. The van der Waals surface area contributed by atoms with Crippen LogP contribution in [0.15, 0.2) is 60.3 Å². The van der Waals surface area contributed by atoms with Crippen LogP contribution in [0.25, 0.3) is 0 Å². The topological polar surface area (TPSA) is 124 Å². The third kappa shape index (κ3) is 10.8. The highest BCUT2D eigenvalue weighted by molar-refractivity contribution is 6.00. The summed E-state index contributed by atoms with van der Waals surface area (Å²) in [5, 5.41) is 27.6. The molecule has 2 aromatic carbocycles. The van der Waals surface area contributed by atoms with E-state index in [1.165, 1.54) is 6.07 Å². The van der Waals surface area contributed by atoms with Gasteiger partial charge in [0.1, 0.15) is 17.5 Å². The summed E-state index contributed by atoms with van der Waals surface area (Å²) in [7, 11) is 0. The van der Waals surface area contributed by atoms with Gasteiger partial charge < -0.3 is 31.2 Å². The molecule has 2 aromatic rings. The first-order chi connectivity index (χ1) is 18.6. The van der Waals surface area contributed by atoms with Crippen LogP contribution >= 0.6 is 0 Å². The number of ether oxygens (including phenoxy) is 1. The number of aryl methyl sites for hydroxylation is 1. The number of rotatable bonds is 12. The van der Waals surface area contributed by atoms with Crippen molar-refractivity contribution in [1.82, 2.24) is 10.6 Å². The fourth-order valence-corrected chi connectivity index (χ4v) is 4.11. The van der Waals surface area contributed by atoms with Gasteiger partial charge in [0.15, 0.2) is 0 Å². The molecule has 0 saturated heterocycles.